The van der Waals surface area contributed by atoms with E-state index in [1.54, 1.807) is 43.6 Å². The number of fused-ring (bicyclic) bond motifs is 1. The molecule has 6 heteroatoms. The normalized spacial score (nSPS) is 13.9. The number of hydrogen-bond donors (Lipinski definition) is 0. The number of hydrogen-bond acceptors (Lipinski definition) is 5. The minimum Gasteiger partial charge on any atom is -0.493 e. The molecule has 1 aliphatic carbocycles. The maximum Gasteiger partial charge on any atom is 0.266 e. The lowest BCUT2D eigenvalue weighted by Crippen LogP contribution is -2.18. The van der Waals surface area contributed by atoms with Crippen molar-refractivity contribution in [2.75, 3.05) is 7.11 Å². The Morgan fingerprint density at radius 2 is 1.78 bits per heavy atom. The van der Waals surface area contributed by atoms with Crippen molar-refractivity contribution in [1.82, 2.24) is 9.38 Å². The van der Waals surface area contributed by atoms with Crippen molar-refractivity contribution in [1.29, 1.82) is 0 Å². The third-order valence-corrected chi connectivity index (χ3v) is 6.58. The van der Waals surface area contributed by atoms with Crippen molar-refractivity contribution < 1.29 is 14.3 Å². The number of ether oxygens (including phenoxy) is 2. The maximum atomic E-state index is 13.6. The molecule has 0 bridgehead atoms. The van der Waals surface area contributed by atoms with Crippen molar-refractivity contribution in [3.05, 3.63) is 94.0 Å². The number of benzene rings is 2. The molecule has 2 aromatic heterocycles. The number of pyridine rings is 1. The SMILES string of the molecule is COc1cccc(C=Cc2nc3ccccn3c(=O)c2-c2ccc(C(C)=O)cc2)c1OC1CCCC1. The molecule has 1 aliphatic rings. The Morgan fingerprint density at radius 3 is 2.50 bits per heavy atom. The molecule has 0 spiro atoms. The highest BCUT2D eigenvalue weighted by Crippen LogP contribution is 2.36. The highest BCUT2D eigenvalue weighted by molar-refractivity contribution is 5.94. The Bertz CT molecular complexity index is 1500. The van der Waals surface area contributed by atoms with E-state index in [0.29, 0.717) is 39.5 Å². The third kappa shape index (κ3) is 4.67. The Labute approximate surface area is 209 Å². The quantitative estimate of drug-likeness (QED) is 0.301. The molecule has 1 saturated carbocycles. The minimum absolute atomic E-state index is 0.0251. The van der Waals surface area contributed by atoms with Crippen LogP contribution in [0.25, 0.3) is 28.9 Å². The van der Waals surface area contributed by atoms with E-state index in [-0.39, 0.29) is 17.4 Å². The number of ketones is 1. The Hall–Kier alpha value is -4.19. The van der Waals surface area contributed by atoms with Crippen LogP contribution in [0, 0.1) is 0 Å². The second-order valence-electron chi connectivity index (χ2n) is 8.98. The maximum absolute atomic E-state index is 13.6. The second kappa shape index (κ2) is 10.2. The fourth-order valence-electron chi connectivity index (χ4n) is 4.66. The zero-order valence-corrected chi connectivity index (χ0v) is 20.4. The van der Waals surface area contributed by atoms with Crippen LogP contribution in [0.2, 0.25) is 0 Å². The summed E-state index contributed by atoms with van der Waals surface area (Å²) in [6.45, 7) is 1.52. The average molecular weight is 481 g/mol. The van der Waals surface area contributed by atoms with Gasteiger partial charge >= 0.3 is 0 Å². The van der Waals surface area contributed by atoms with Gasteiger partial charge in [-0.3, -0.25) is 14.0 Å². The summed E-state index contributed by atoms with van der Waals surface area (Å²) in [6.07, 6.45) is 10.0. The summed E-state index contributed by atoms with van der Waals surface area (Å²) in [5.74, 6) is 1.35. The van der Waals surface area contributed by atoms with E-state index in [1.807, 2.05) is 42.5 Å². The Balaban J connectivity index is 1.62. The fourth-order valence-corrected chi connectivity index (χ4v) is 4.66. The van der Waals surface area contributed by atoms with E-state index in [1.165, 1.54) is 24.2 Å². The molecule has 0 aliphatic heterocycles. The highest BCUT2D eigenvalue weighted by Gasteiger charge is 2.20. The van der Waals surface area contributed by atoms with Crippen LogP contribution in [0.15, 0.2) is 71.7 Å². The molecule has 1 fully saturated rings. The number of nitrogens with zero attached hydrogens (tertiary/aromatic N) is 2. The second-order valence-corrected chi connectivity index (χ2v) is 8.98. The van der Waals surface area contributed by atoms with Gasteiger partial charge in [0.25, 0.3) is 5.56 Å². The summed E-state index contributed by atoms with van der Waals surface area (Å²) in [5.41, 5.74) is 3.53. The summed E-state index contributed by atoms with van der Waals surface area (Å²) in [5, 5.41) is 0. The summed E-state index contributed by atoms with van der Waals surface area (Å²) in [7, 11) is 1.64. The van der Waals surface area contributed by atoms with Gasteiger partial charge in [0, 0.05) is 17.3 Å². The highest BCUT2D eigenvalue weighted by atomic mass is 16.5. The van der Waals surface area contributed by atoms with E-state index in [0.717, 1.165) is 18.4 Å². The van der Waals surface area contributed by atoms with E-state index in [2.05, 4.69) is 0 Å². The molecule has 2 aromatic carbocycles. The molecule has 36 heavy (non-hydrogen) atoms. The number of Topliss-reactive ketones (excluding diaryl/α,β-unsaturated/α-hetero) is 1. The predicted octanol–water partition coefficient (Wildman–Crippen LogP) is 6.06. The molecule has 0 amide bonds. The summed E-state index contributed by atoms with van der Waals surface area (Å²) in [4.78, 5) is 30.1. The number of para-hydroxylation sites is 1. The van der Waals surface area contributed by atoms with Crippen molar-refractivity contribution >= 4 is 23.6 Å². The van der Waals surface area contributed by atoms with Crippen molar-refractivity contribution in [2.24, 2.45) is 0 Å². The third-order valence-electron chi connectivity index (χ3n) is 6.58. The molecule has 2 heterocycles. The standard InChI is InChI=1S/C30H28N2O4/c1-20(33)21-13-15-22(16-14-21)28-25(31-27-12-5-6-19-32(27)30(28)34)18-17-23-8-7-11-26(35-2)29(23)36-24-9-3-4-10-24/h5-8,11-19,24H,3-4,9-10H2,1-2H3. The van der Waals surface area contributed by atoms with Crippen LogP contribution in [0.3, 0.4) is 0 Å². The van der Waals surface area contributed by atoms with Crippen LogP contribution in [0.4, 0.5) is 0 Å². The monoisotopic (exact) mass is 480 g/mol. The molecule has 0 saturated heterocycles. The Morgan fingerprint density at radius 1 is 1.00 bits per heavy atom. The number of carbonyl (C=O) groups excluding carboxylic acids is 1. The zero-order valence-electron chi connectivity index (χ0n) is 20.4. The van der Waals surface area contributed by atoms with Crippen LogP contribution < -0.4 is 15.0 Å². The molecule has 0 unspecified atom stereocenters. The predicted molar refractivity (Wildman–Crippen MR) is 142 cm³/mol. The molecular formula is C30H28N2O4. The summed E-state index contributed by atoms with van der Waals surface area (Å²) >= 11 is 0. The van der Waals surface area contributed by atoms with Gasteiger partial charge in [0.2, 0.25) is 0 Å². The largest absolute Gasteiger partial charge is 0.493 e. The lowest BCUT2D eigenvalue weighted by atomic mass is 10.0. The van der Waals surface area contributed by atoms with Crippen molar-refractivity contribution in [3.63, 3.8) is 0 Å². The summed E-state index contributed by atoms with van der Waals surface area (Å²) in [6, 6.07) is 18.3. The van der Waals surface area contributed by atoms with Gasteiger partial charge in [-0.05, 0) is 68.5 Å². The first-order chi connectivity index (χ1) is 17.5. The van der Waals surface area contributed by atoms with Crippen molar-refractivity contribution in [3.8, 4) is 22.6 Å². The molecule has 0 atom stereocenters. The first-order valence-corrected chi connectivity index (χ1v) is 12.2. The van der Waals surface area contributed by atoms with E-state index in [9.17, 15) is 9.59 Å². The van der Waals surface area contributed by atoms with Crippen LogP contribution in [-0.4, -0.2) is 28.4 Å². The number of rotatable bonds is 7. The minimum atomic E-state index is -0.177. The van der Waals surface area contributed by atoms with E-state index in [4.69, 9.17) is 14.5 Å². The molecule has 4 aromatic rings. The Kier molecular flexibility index (Phi) is 6.67. The van der Waals surface area contributed by atoms with Gasteiger partial charge in [0.05, 0.1) is 24.5 Å². The van der Waals surface area contributed by atoms with Crippen LogP contribution >= 0.6 is 0 Å². The molecule has 6 nitrogen and oxygen atoms in total. The smallest absolute Gasteiger partial charge is 0.266 e. The first kappa shape index (κ1) is 23.5. The van der Waals surface area contributed by atoms with Crippen LogP contribution in [0.5, 0.6) is 11.5 Å². The van der Waals surface area contributed by atoms with Crippen LogP contribution in [-0.2, 0) is 0 Å². The first-order valence-electron chi connectivity index (χ1n) is 12.2. The van der Waals surface area contributed by atoms with Crippen LogP contribution in [0.1, 0.15) is 54.2 Å². The molecule has 0 radical (unpaired) electrons. The van der Waals surface area contributed by atoms with Gasteiger partial charge in [-0.15, -0.1) is 0 Å². The van der Waals surface area contributed by atoms with Gasteiger partial charge in [-0.2, -0.15) is 0 Å². The van der Waals surface area contributed by atoms with Gasteiger partial charge in [0.1, 0.15) is 5.65 Å². The molecule has 182 valence electrons. The van der Waals surface area contributed by atoms with E-state index < -0.39 is 0 Å². The zero-order chi connectivity index (χ0) is 25.1. The summed E-state index contributed by atoms with van der Waals surface area (Å²) < 4.78 is 13.5. The van der Waals surface area contributed by atoms with Gasteiger partial charge in [-0.1, -0.05) is 42.5 Å². The fraction of sp³-hybridized carbons (Fsp3) is 0.233. The van der Waals surface area contributed by atoms with E-state index >= 15 is 0 Å². The topological polar surface area (TPSA) is 69.9 Å². The van der Waals surface area contributed by atoms with Crippen molar-refractivity contribution in [2.45, 2.75) is 38.7 Å². The lowest BCUT2D eigenvalue weighted by molar-refractivity contribution is 0.101. The van der Waals surface area contributed by atoms with Gasteiger partial charge in [-0.25, -0.2) is 4.98 Å². The van der Waals surface area contributed by atoms with Gasteiger partial charge in [0.15, 0.2) is 17.3 Å². The average Bonchev–Trinajstić information content (AvgIpc) is 3.41. The number of methoxy groups -OCH3 is 1. The molecular weight excluding hydrogens is 452 g/mol. The number of aromatic nitrogens is 2. The number of carbonyl (C=O) groups is 1. The molecule has 5 rings (SSSR count). The lowest BCUT2D eigenvalue weighted by Gasteiger charge is -2.18. The van der Waals surface area contributed by atoms with Gasteiger partial charge < -0.3 is 9.47 Å². The molecule has 0 N–H and O–H groups in total.